The van der Waals surface area contributed by atoms with Gasteiger partial charge in [-0.25, -0.2) is 0 Å². The van der Waals surface area contributed by atoms with Crippen molar-refractivity contribution in [2.45, 2.75) is 26.3 Å². The normalized spacial score (nSPS) is 19.5. The van der Waals surface area contributed by atoms with Gasteiger partial charge in [0.05, 0.1) is 6.54 Å². The molecule has 18 heavy (non-hydrogen) atoms. The molecule has 7 heteroatoms. The Kier molecular flexibility index (Phi) is 4.41. The molecule has 0 spiro atoms. The van der Waals surface area contributed by atoms with Gasteiger partial charge in [0.25, 0.3) is 0 Å². The molecule has 100 valence electrons. The van der Waals surface area contributed by atoms with E-state index in [1.54, 1.807) is 6.92 Å². The summed E-state index contributed by atoms with van der Waals surface area (Å²) in [5, 5.41) is 2.19. The largest absolute Gasteiger partial charge is 0.337 e. The van der Waals surface area contributed by atoms with Crippen LogP contribution >= 0.6 is 0 Å². The highest BCUT2D eigenvalue weighted by Crippen LogP contribution is 2.09. The van der Waals surface area contributed by atoms with E-state index in [2.05, 4.69) is 5.32 Å². The van der Waals surface area contributed by atoms with Crippen LogP contribution in [0, 0.1) is 0 Å². The highest BCUT2D eigenvalue weighted by Gasteiger charge is 2.35. The Morgan fingerprint density at radius 2 is 2.06 bits per heavy atom. The third-order valence-corrected chi connectivity index (χ3v) is 2.87. The Morgan fingerprint density at radius 3 is 2.56 bits per heavy atom. The second-order valence-corrected chi connectivity index (χ2v) is 4.23. The van der Waals surface area contributed by atoms with Gasteiger partial charge in [-0.1, -0.05) is 6.92 Å². The molecule has 0 aromatic carbocycles. The summed E-state index contributed by atoms with van der Waals surface area (Å²) in [5.74, 6) is -1.61. The highest BCUT2D eigenvalue weighted by atomic mass is 16.2. The number of amides is 4. The van der Waals surface area contributed by atoms with Crippen LogP contribution in [0.1, 0.15) is 20.3 Å². The van der Waals surface area contributed by atoms with E-state index in [9.17, 15) is 19.2 Å². The number of nitrogens with one attached hydrogen (secondary N) is 1. The maximum absolute atomic E-state index is 12.0. The van der Waals surface area contributed by atoms with E-state index in [1.165, 1.54) is 23.8 Å². The molecule has 1 N–H and O–H groups in total. The van der Waals surface area contributed by atoms with Gasteiger partial charge in [0.15, 0.2) is 0 Å². The lowest BCUT2D eigenvalue weighted by Crippen LogP contribution is -2.60. The fourth-order valence-electron chi connectivity index (χ4n) is 1.74. The van der Waals surface area contributed by atoms with Gasteiger partial charge in [0.1, 0.15) is 12.6 Å². The maximum Gasteiger partial charge on any atom is 0.249 e. The molecule has 1 unspecified atom stereocenters. The monoisotopic (exact) mass is 255 g/mol. The maximum atomic E-state index is 12.0. The van der Waals surface area contributed by atoms with Crippen molar-refractivity contribution in [2.75, 3.05) is 20.1 Å². The summed E-state index contributed by atoms with van der Waals surface area (Å²) in [4.78, 5) is 48.3. The molecule has 1 heterocycles. The van der Waals surface area contributed by atoms with E-state index in [0.717, 1.165) is 0 Å². The van der Waals surface area contributed by atoms with Crippen LogP contribution in [0.3, 0.4) is 0 Å². The first-order chi connectivity index (χ1) is 8.36. The fraction of sp³-hybridized carbons (Fsp3) is 0.636. The van der Waals surface area contributed by atoms with E-state index in [1.807, 2.05) is 0 Å². The van der Waals surface area contributed by atoms with Crippen molar-refractivity contribution in [3.8, 4) is 0 Å². The van der Waals surface area contributed by atoms with Crippen molar-refractivity contribution in [3.05, 3.63) is 0 Å². The number of hydrogen-bond donors (Lipinski definition) is 1. The molecule has 0 aromatic heterocycles. The summed E-state index contributed by atoms with van der Waals surface area (Å²) in [6.45, 7) is 2.83. The minimum atomic E-state index is -0.643. The molecule has 1 atom stereocenters. The van der Waals surface area contributed by atoms with Crippen LogP contribution in [0.25, 0.3) is 0 Å². The van der Waals surface area contributed by atoms with Gasteiger partial charge in [0, 0.05) is 14.0 Å². The van der Waals surface area contributed by atoms with Crippen LogP contribution in [0.2, 0.25) is 0 Å². The Bertz CT molecular complexity index is 394. The summed E-state index contributed by atoms with van der Waals surface area (Å²) in [7, 11) is 1.49. The van der Waals surface area contributed by atoms with Crippen LogP contribution in [0.4, 0.5) is 0 Å². The number of carbonyl (C=O) groups is 4. The quantitative estimate of drug-likeness (QED) is 0.637. The lowest BCUT2D eigenvalue weighted by molar-refractivity contribution is -0.151. The van der Waals surface area contributed by atoms with E-state index in [0.29, 0.717) is 6.42 Å². The zero-order valence-corrected chi connectivity index (χ0v) is 10.7. The predicted molar refractivity (Wildman–Crippen MR) is 62.3 cm³/mol. The molecular formula is C11H17N3O4. The number of piperazine rings is 1. The number of nitrogens with zero attached hydrogens (tertiary/aromatic N) is 2. The molecule has 1 rings (SSSR count). The molecule has 4 amide bonds. The molecular weight excluding hydrogens is 238 g/mol. The number of rotatable bonds is 3. The second kappa shape index (κ2) is 5.61. The Labute approximate surface area is 105 Å². The minimum absolute atomic E-state index is 0.133. The SMILES string of the molecule is CCC1C(=O)NC(=O)CN1C(=O)CN(C)C(C)=O. The third kappa shape index (κ3) is 3.06. The van der Waals surface area contributed by atoms with Crippen molar-refractivity contribution in [1.82, 2.24) is 15.1 Å². The predicted octanol–water partition coefficient (Wildman–Crippen LogP) is -1.27. The van der Waals surface area contributed by atoms with E-state index in [4.69, 9.17) is 0 Å². The molecule has 1 fully saturated rings. The zero-order valence-electron chi connectivity index (χ0n) is 10.7. The van der Waals surface area contributed by atoms with Crippen molar-refractivity contribution in [1.29, 1.82) is 0 Å². The van der Waals surface area contributed by atoms with Crippen LogP contribution < -0.4 is 5.32 Å². The van der Waals surface area contributed by atoms with Crippen molar-refractivity contribution in [2.24, 2.45) is 0 Å². The molecule has 0 aromatic rings. The first-order valence-electron chi connectivity index (χ1n) is 5.71. The van der Waals surface area contributed by atoms with Gasteiger partial charge < -0.3 is 9.80 Å². The zero-order chi connectivity index (χ0) is 13.9. The van der Waals surface area contributed by atoms with Crippen molar-refractivity contribution in [3.63, 3.8) is 0 Å². The molecule has 1 aliphatic rings. The molecule has 0 saturated carbocycles. The first-order valence-corrected chi connectivity index (χ1v) is 5.71. The Hall–Kier alpha value is -1.92. The second-order valence-electron chi connectivity index (χ2n) is 4.23. The summed E-state index contributed by atoms with van der Waals surface area (Å²) >= 11 is 0. The van der Waals surface area contributed by atoms with Crippen molar-refractivity contribution >= 4 is 23.6 Å². The lowest BCUT2D eigenvalue weighted by atomic mass is 10.1. The van der Waals surface area contributed by atoms with Gasteiger partial charge in [-0.2, -0.15) is 0 Å². The summed E-state index contributed by atoms with van der Waals surface area (Å²) in [6.07, 6.45) is 0.425. The van der Waals surface area contributed by atoms with Gasteiger partial charge in [-0.3, -0.25) is 24.5 Å². The van der Waals surface area contributed by atoms with E-state index >= 15 is 0 Å². The molecule has 1 aliphatic heterocycles. The van der Waals surface area contributed by atoms with Crippen LogP contribution in [-0.2, 0) is 19.2 Å². The van der Waals surface area contributed by atoms with Crippen molar-refractivity contribution < 1.29 is 19.2 Å². The average Bonchev–Trinajstić information content (AvgIpc) is 2.27. The summed E-state index contributed by atoms with van der Waals surface area (Å²) in [5.41, 5.74) is 0. The number of hydrogen-bond acceptors (Lipinski definition) is 4. The van der Waals surface area contributed by atoms with Crippen LogP contribution in [0.15, 0.2) is 0 Å². The van der Waals surface area contributed by atoms with Crippen LogP contribution in [0.5, 0.6) is 0 Å². The standard InChI is InChI=1S/C11H17N3O4/c1-4-8-11(18)12-9(16)5-14(8)10(17)6-13(3)7(2)15/h8H,4-6H2,1-3H3,(H,12,16,18). The lowest BCUT2D eigenvalue weighted by Gasteiger charge is -2.34. The molecule has 0 aliphatic carbocycles. The number of imide groups is 1. The summed E-state index contributed by atoms with van der Waals surface area (Å²) in [6, 6.07) is -0.643. The van der Waals surface area contributed by atoms with Gasteiger partial charge in [-0.15, -0.1) is 0 Å². The first kappa shape index (κ1) is 14.1. The smallest absolute Gasteiger partial charge is 0.249 e. The topological polar surface area (TPSA) is 86.8 Å². The van der Waals surface area contributed by atoms with Gasteiger partial charge in [-0.05, 0) is 6.42 Å². The Morgan fingerprint density at radius 1 is 1.44 bits per heavy atom. The van der Waals surface area contributed by atoms with Gasteiger partial charge in [0.2, 0.25) is 23.6 Å². The minimum Gasteiger partial charge on any atom is -0.337 e. The van der Waals surface area contributed by atoms with Crippen LogP contribution in [-0.4, -0.2) is 59.6 Å². The van der Waals surface area contributed by atoms with E-state index in [-0.39, 0.29) is 19.0 Å². The summed E-state index contributed by atoms with van der Waals surface area (Å²) < 4.78 is 0. The average molecular weight is 255 g/mol. The van der Waals surface area contributed by atoms with E-state index < -0.39 is 23.8 Å². The molecule has 0 radical (unpaired) electrons. The third-order valence-electron chi connectivity index (χ3n) is 2.87. The Balaban J connectivity index is 2.78. The number of likely N-dealkylation sites (N-methyl/N-ethyl adjacent to an activating group) is 1. The molecule has 1 saturated heterocycles. The number of carbonyl (C=O) groups excluding carboxylic acids is 4. The highest BCUT2D eigenvalue weighted by molar-refractivity contribution is 6.04. The molecule has 7 nitrogen and oxygen atoms in total. The van der Waals surface area contributed by atoms with Gasteiger partial charge >= 0.3 is 0 Å². The fourth-order valence-corrected chi connectivity index (χ4v) is 1.74. The molecule has 0 bridgehead atoms.